The van der Waals surface area contributed by atoms with E-state index in [-0.39, 0.29) is 5.97 Å². The summed E-state index contributed by atoms with van der Waals surface area (Å²) in [6.45, 7) is 2.22. The predicted octanol–water partition coefficient (Wildman–Crippen LogP) is 2.84. The van der Waals surface area contributed by atoms with Gasteiger partial charge in [0.15, 0.2) is 0 Å². The molecule has 0 unspecified atom stereocenters. The molecule has 0 N–H and O–H groups in total. The average molecular weight is 204 g/mol. The molecular weight excluding hydrogens is 188 g/mol. The molecule has 1 aromatic rings. The Balaban J connectivity index is 2.21. The Morgan fingerprint density at radius 2 is 2.07 bits per heavy atom. The van der Waals surface area contributed by atoms with Crippen LogP contribution in [0.1, 0.15) is 42.7 Å². The van der Waals surface area contributed by atoms with Gasteiger partial charge in [-0.2, -0.15) is 0 Å². The van der Waals surface area contributed by atoms with E-state index in [1.165, 1.54) is 18.2 Å². The Bertz CT molecular complexity index is 371. The van der Waals surface area contributed by atoms with Crippen LogP contribution in [-0.4, -0.2) is 13.1 Å². The Morgan fingerprint density at radius 1 is 1.40 bits per heavy atom. The first-order valence-electron chi connectivity index (χ1n) is 5.38. The number of benzene rings is 1. The van der Waals surface area contributed by atoms with Gasteiger partial charge in [0.2, 0.25) is 0 Å². The lowest BCUT2D eigenvalue weighted by atomic mass is 9.98. The Morgan fingerprint density at radius 3 is 2.73 bits per heavy atom. The molecule has 80 valence electrons. The summed E-state index contributed by atoms with van der Waals surface area (Å²) < 4.78 is 4.72. The lowest BCUT2D eigenvalue weighted by Crippen LogP contribution is -2.06. The highest BCUT2D eigenvalue weighted by atomic mass is 16.5. The molecule has 1 aromatic carbocycles. The van der Waals surface area contributed by atoms with Crippen LogP contribution in [-0.2, 0) is 9.53 Å². The molecule has 0 fully saturated rings. The standard InChI is InChI=1S/C13H16O2/c1-9-7-10(8-13(14)15-2)12-6-4-3-5-11(9)12/h3-6,9-10H,7-8H2,1-2H3/t9-,10+/m1/s1. The average Bonchev–Trinajstić information content (AvgIpc) is 2.57. The second-order valence-electron chi connectivity index (χ2n) is 4.24. The predicted molar refractivity (Wildman–Crippen MR) is 58.8 cm³/mol. The van der Waals surface area contributed by atoms with Gasteiger partial charge < -0.3 is 4.74 Å². The van der Waals surface area contributed by atoms with Crippen LogP contribution in [0.4, 0.5) is 0 Å². The van der Waals surface area contributed by atoms with E-state index in [9.17, 15) is 4.79 Å². The van der Waals surface area contributed by atoms with E-state index in [1.54, 1.807) is 0 Å². The first-order valence-corrected chi connectivity index (χ1v) is 5.38. The number of esters is 1. The van der Waals surface area contributed by atoms with E-state index >= 15 is 0 Å². The molecular formula is C13H16O2. The fraction of sp³-hybridized carbons (Fsp3) is 0.462. The monoisotopic (exact) mass is 204 g/mol. The summed E-state index contributed by atoms with van der Waals surface area (Å²) in [6, 6.07) is 8.40. The number of ether oxygens (including phenoxy) is 1. The fourth-order valence-corrected chi connectivity index (χ4v) is 2.49. The number of methoxy groups -OCH3 is 1. The number of hydrogen-bond acceptors (Lipinski definition) is 2. The second-order valence-corrected chi connectivity index (χ2v) is 4.24. The molecule has 0 radical (unpaired) electrons. The van der Waals surface area contributed by atoms with Crippen LogP contribution >= 0.6 is 0 Å². The fourth-order valence-electron chi connectivity index (χ4n) is 2.49. The Labute approximate surface area is 90.3 Å². The second kappa shape index (κ2) is 4.05. The van der Waals surface area contributed by atoms with Crippen LogP contribution in [0, 0.1) is 0 Å². The molecule has 0 amide bonds. The first-order chi connectivity index (χ1) is 7.22. The van der Waals surface area contributed by atoms with Gasteiger partial charge in [-0.1, -0.05) is 31.2 Å². The summed E-state index contributed by atoms with van der Waals surface area (Å²) in [5, 5.41) is 0. The summed E-state index contributed by atoms with van der Waals surface area (Å²) in [7, 11) is 1.45. The van der Waals surface area contributed by atoms with Gasteiger partial charge in [-0.25, -0.2) is 0 Å². The van der Waals surface area contributed by atoms with Crippen molar-refractivity contribution in [3.63, 3.8) is 0 Å². The van der Waals surface area contributed by atoms with E-state index in [0.717, 1.165) is 6.42 Å². The van der Waals surface area contributed by atoms with E-state index < -0.39 is 0 Å². The maximum absolute atomic E-state index is 11.3. The van der Waals surface area contributed by atoms with E-state index in [0.29, 0.717) is 18.3 Å². The van der Waals surface area contributed by atoms with Crippen LogP contribution < -0.4 is 0 Å². The van der Waals surface area contributed by atoms with Gasteiger partial charge >= 0.3 is 5.97 Å². The van der Waals surface area contributed by atoms with Crippen LogP contribution in [0.2, 0.25) is 0 Å². The highest BCUT2D eigenvalue weighted by Crippen LogP contribution is 2.42. The molecule has 2 rings (SSSR count). The minimum Gasteiger partial charge on any atom is -0.469 e. The molecule has 0 aliphatic heterocycles. The highest BCUT2D eigenvalue weighted by molar-refractivity contribution is 5.70. The quantitative estimate of drug-likeness (QED) is 0.692. The molecule has 1 aliphatic carbocycles. The van der Waals surface area contributed by atoms with E-state index in [2.05, 4.69) is 25.1 Å². The van der Waals surface area contributed by atoms with Gasteiger partial charge in [0, 0.05) is 0 Å². The molecule has 1 aliphatic rings. The van der Waals surface area contributed by atoms with Crippen molar-refractivity contribution >= 4 is 5.97 Å². The summed E-state index contributed by atoms with van der Waals surface area (Å²) >= 11 is 0. The van der Waals surface area contributed by atoms with Gasteiger partial charge in [-0.3, -0.25) is 4.79 Å². The molecule has 15 heavy (non-hydrogen) atoms. The molecule has 0 bridgehead atoms. The summed E-state index contributed by atoms with van der Waals surface area (Å²) in [5.41, 5.74) is 2.72. The van der Waals surface area contributed by atoms with E-state index in [4.69, 9.17) is 4.74 Å². The molecule has 0 saturated heterocycles. The number of carbonyl (C=O) groups is 1. The minimum absolute atomic E-state index is 0.107. The zero-order chi connectivity index (χ0) is 10.8. The summed E-state index contributed by atoms with van der Waals surface area (Å²) in [5.74, 6) is 0.809. The molecule has 0 heterocycles. The molecule has 2 nitrogen and oxygen atoms in total. The number of hydrogen-bond donors (Lipinski definition) is 0. The first kappa shape index (κ1) is 10.2. The zero-order valence-corrected chi connectivity index (χ0v) is 9.19. The SMILES string of the molecule is COC(=O)C[C@@H]1C[C@@H](C)c2ccccc21. The number of rotatable bonds is 2. The van der Waals surface area contributed by atoms with E-state index in [1.807, 2.05) is 6.07 Å². The van der Waals surface area contributed by atoms with Crippen LogP contribution in [0.15, 0.2) is 24.3 Å². The van der Waals surface area contributed by atoms with Crippen molar-refractivity contribution in [2.24, 2.45) is 0 Å². The molecule has 0 saturated carbocycles. The molecule has 2 heteroatoms. The maximum Gasteiger partial charge on any atom is 0.306 e. The Kier molecular flexibility index (Phi) is 2.76. The zero-order valence-electron chi connectivity index (χ0n) is 9.19. The third-order valence-electron chi connectivity index (χ3n) is 3.25. The van der Waals surface area contributed by atoms with Crippen molar-refractivity contribution in [2.45, 2.75) is 31.6 Å². The largest absolute Gasteiger partial charge is 0.469 e. The van der Waals surface area contributed by atoms with Crippen molar-refractivity contribution in [1.29, 1.82) is 0 Å². The highest BCUT2D eigenvalue weighted by Gasteiger charge is 2.29. The molecule has 2 atom stereocenters. The van der Waals surface area contributed by atoms with Gasteiger partial charge in [0.25, 0.3) is 0 Å². The molecule has 0 aromatic heterocycles. The van der Waals surface area contributed by atoms with Crippen LogP contribution in [0.3, 0.4) is 0 Å². The van der Waals surface area contributed by atoms with Crippen LogP contribution in [0.25, 0.3) is 0 Å². The van der Waals surface area contributed by atoms with Crippen molar-refractivity contribution in [2.75, 3.05) is 7.11 Å². The summed E-state index contributed by atoms with van der Waals surface area (Å²) in [6.07, 6.45) is 1.58. The smallest absolute Gasteiger partial charge is 0.306 e. The van der Waals surface area contributed by atoms with Crippen molar-refractivity contribution in [3.8, 4) is 0 Å². The third-order valence-corrected chi connectivity index (χ3v) is 3.25. The topological polar surface area (TPSA) is 26.3 Å². The number of carbonyl (C=O) groups excluding carboxylic acids is 1. The maximum atomic E-state index is 11.3. The lowest BCUT2D eigenvalue weighted by molar-refractivity contribution is -0.141. The number of fused-ring (bicyclic) bond motifs is 1. The normalized spacial score (nSPS) is 23.6. The van der Waals surface area contributed by atoms with Crippen molar-refractivity contribution in [1.82, 2.24) is 0 Å². The minimum atomic E-state index is -0.107. The van der Waals surface area contributed by atoms with Crippen molar-refractivity contribution < 1.29 is 9.53 Å². The van der Waals surface area contributed by atoms with Gasteiger partial charge in [0.1, 0.15) is 0 Å². The Hall–Kier alpha value is -1.31. The summed E-state index contributed by atoms with van der Waals surface area (Å²) in [4.78, 5) is 11.3. The van der Waals surface area contributed by atoms with Gasteiger partial charge in [0.05, 0.1) is 13.5 Å². The van der Waals surface area contributed by atoms with Crippen LogP contribution in [0.5, 0.6) is 0 Å². The van der Waals surface area contributed by atoms with Gasteiger partial charge in [-0.05, 0) is 29.4 Å². The lowest BCUT2D eigenvalue weighted by Gasteiger charge is -2.09. The molecule has 0 spiro atoms. The van der Waals surface area contributed by atoms with Gasteiger partial charge in [-0.15, -0.1) is 0 Å². The van der Waals surface area contributed by atoms with Crippen molar-refractivity contribution in [3.05, 3.63) is 35.4 Å². The third kappa shape index (κ3) is 1.89.